The number of nitrogens with zero attached hydrogens (tertiary/aromatic N) is 1. The minimum atomic E-state index is -1.22. The zero-order valence-electron chi connectivity index (χ0n) is 11.2. The predicted octanol–water partition coefficient (Wildman–Crippen LogP) is 2.94. The molecule has 2 rings (SSSR count). The Hall–Kier alpha value is -1.50. The lowest BCUT2D eigenvalue weighted by Gasteiger charge is -2.33. The first kappa shape index (κ1) is 15.9. The van der Waals surface area contributed by atoms with Crippen LogP contribution in [-0.4, -0.2) is 47.8 Å². The van der Waals surface area contributed by atoms with Crippen molar-refractivity contribution in [2.75, 3.05) is 25.1 Å². The molecule has 114 valence electrons. The van der Waals surface area contributed by atoms with Gasteiger partial charge in [0.25, 0.3) is 0 Å². The number of carboxylic acid groups (broad SMARTS) is 1. The third kappa shape index (κ3) is 3.58. The fourth-order valence-corrected chi connectivity index (χ4v) is 2.62. The Bertz CT molecular complexity index is 580. The number of morpholine rings is 1. The second kappa shape index (κ2) is 6.51. The molecule has 0 spiro atoms. The molecular formula is C13H14Cl2N2O4. The molecule has 1 aromatic rings. The van der Waals surface area contributed by atoms with E-state index in [1.54, 1.807) is 4.90 Å². The molecule has 0 saturated carbocycles. The molecular weight excluding hydrogens is 319 g/mol. The number of amides is 2. The summed E-state index contributed by atoms with van der Waals surface area (Å²) in [5.74, 6) is -1.22. The van der Waals surface area contributed by atoms with E-state index in [1.165, 1.54) is 12.1 Å². The van der Waals surface area contributed by atoms with Crippen molar-refractivity contribution in [2.24, 2.45) is 0 Å². The summed E-state index contributed by atoms with van der Waals surface area (Å²) in [6, 6.07) is 2.11. The Balaban J connectivity index is 2.26. The van der Waals surface area contributed by atoms with Crippen LogP contribution >= 0.6 is 23.2 Å². The van der Waals surface area contributed by atoms with Gasteiger partial charge in [-0.2, -0.15) is 0 Å². The molecule has 1 saturated heterocycles. The highest BCUT2D eigenvalue weighted by Crippen LogP contribution is 2.30. The zero-order chi connectivity index (χ0) is 15.6. The fraction of sp³-hybridized carbons (Fsp3) is 0.385. The van der Waals surface area contributed by atoms with Gasteiger partial charge in [0, 0.05) is 11.6 Å². The van der Waals surface area contributed by atoms with E-state index >= 15 is 0 Å². The van der Waals surface area contributed by atoms with Gasteiger partial charge in [-0.05, 0) is 19.1 Å². The van der Waals surface area contributed by atoms with E-state index in [4.69, 9.17) is 27.9 Å². The van der Waals surface area contributed by atoms with Gasteiger partial charge in [-0.1, -0.05) is 23.2 Å². The average Bonchev–Trinajstić information content (AvgIpc) is 2.41. The summed E-state index contributed by atoms with van der Waals surface area (Å²) >= 11 is 11.8. The summed E-state index contributed by atoms with van der Waals surface area (Å²) in [7, 11) is 0. The monoisotopic (exact) mass is 332 g/mol. The molecule has 0 aromatic heterocycles. The topological polar surface area (TPSA) is 78.9 Å². The van der Waals surface area contributed by atoms with Crippen LogP contribution in [0.5, 0.6) is 0 Å². The molecule has 1 unspecified atom stereocenters. The molecule has 8 heteroatoms. The summed E-state index contributed by atoms with van der Waals surface area (Å²) in [6.07, 6.45) is 0. The number of hydrogen-bond donors (Lipinski definition) is 2. The van der Waals surface area contributed by atoms with Crippen molar-refractivity contribution in [1.29, 1.82) is 0 Å². The van der Waals surface area contributed by atoms with Crippen molar-refractivity contribution in [1.82, 2.24) is 4.90 Å². The Morgan fingerprint density at radius 3 is 2.76 bits per heavy atom. The molecule has 0 radical (unpaired) electrons. The van der Waals surface area contributed by atoms with Gasteiger partial charge in [0.1, 0.15) is 0 Å². The van der Waals surface area contributed by atoms with Gasteiger partial charge >= 0.3 is 12.0 Å². The molecule has 0 aliphatic carbocycles. The van der Waals surface area contributed by atoms with Crippen molar-refractivity contribution in [3.63, 3.8) is 0 Å². The first-order valence-electron chi connectivity index (χ1n) is 6.28. The molecule has 6 nitrogen and oxygen atoms in total. The first-order chi connectivity index (χ1) is 9.90. The average molecular weight is 333 g/mol. The number of anilines is 1. The van der Waals surface area contributed by atoms with Crippen molar-refractivity contribution >= 4 is 40.9 Å². The molecule has 1 aliphatic heterocycles. The maximum Gasteiger partial charge on any atom is 0.337 e. The number of urea groups is 1. The van der Waals surface area contributed by atoms with Gasteiger partial charge in [-0.15, -0.1) is 0 Å². The van der Waals surface area contributed by atoms with Gasteiger partial charge in [0.05, 0.1) is 35.5 Å². The molecule has 2 amide bonds. The lowest BCUT2D eigenvalue weighted by atomic mass is 10.1. The van der Waals surface area contributed by atoms with Crippen LogP contribution in [-0.2, 0) is 4.74 Å². The normalized spacial score (nSPS) is 18.4. The van der Waals surface area contributed by atoms with Gasteiger partial charge in [-0.3, -0.25) is 0 Å². The maximum atomic E-state index is 12.3. The molecule has 21 heavy (non-hydrogen) atoms. The third-order valence-electron chi connectivity index (χ3n) is 3.15. The van der Waals surface area contributed by atoms with Crippen molar-refractivity contribution in [2.45, 2.75) is 13.0 Å². The van der Waals surface area contributed by atoms with E-state index in [2.05, 4.69) is 5.32 Å². The van der Waals surface area contributed by atoms with E-state index in [-0.39, 0.29) is 27.3 Å². The highest BCUT2D eigenvalue weighted by atomic mass is 35.5. The summed E-state index contributed by atoms with van der Waals surface area (Å²) in [5.41, 5.74) is -0.112. The second-order valence-electron chi connectivity index (χ2n) is 4.66. The summed E-state index contributed by atoms with van der Waals surface area (Å²) < 4.78 is 5.25. The number of ether oxygens (including phenoxy) is 1. The van der Waals surface area contributed by atoms with Gasteiger partial charge in [-0.25, -0.2) is 9.59 Å². The van der Waals surface area contributed by atoms with Crippen LogP contribution in [0.15, 0.2) is 12.1 Å². The zero-order valence-corrected chi connectivity index (χ0v) is 12.7. The minimum Gasteiger partial charge on any atom is -0.478 e. The molecule has 2 N–H and O–H groups in total. The summed E-state index contributed by atoms with van der Waals surface area (Å²) in [4.78, 5) is 25.1. The summed E-state index contributed by atoms with van der Waals surface area (Å²) in [5, 5.41) is 12.0. The highest BCUT2D eigenvalue weighted by Gasteiger charge is 2.26. The van der Waals surface area contributed by atoms with Crippen LogP contribution in [0, 0.1) is 0 Å². The smallest absolute Gasteiger partial charge is 0.337 e. The van der Waals surface area contributed by atoms with Crippen LogP contribution in [0.25, 0.3) is 0 Å². The van der Waals surface area contributed by atoms with Gasteiger partial charge in [0.15, 0.2) is 0 Å². The van der Waals surface area contributed by atoms with E-state index in [0.717, 1.165) is 0 Å². The van der Waals surface area contributed by atoms with Gasteiger partial charge in [0.2, 0.25) is 0 Å². The van der Waals surface area contributed by atoms with E-state index in [0.29, 0.717) is 19.8 Å². The molecule has 1 aromatic carbocycles. The van der Waals surface area contributed by atoms with Crippen LogP contribution in [0.1, 0.15) is 17.3 Å². The van der Waals surface area contributed by atoms with Crippen LogP contribution < -0.4 is 5.32 Å². The lowest BCUT2D eigenvalue weighted by Crippen LogP contribution is -2.49. The van der Waals surface area contributed by atoms with E-state index in [1.807, 2.05) is 6.92 Å². The maximum absolute atomic E-state index is 12.3. The number of benzene rings is 1. The fourth-order valence-electron chi connectivity index (χ4n) is 2.08. The number of hydrogen-bond acceptors (Lipinski definition) is 3. The van der Waals surface area contributed by atoms with Gasteiger partial charge < -0.3 is 20.1 Å². The van der Waals surface area contributed by atoms with Crippen molar-refractivity contribution in [3.05, 3.63) is 27.7 Å². The predicted molar refractivity (Wildman–Crippen MR) is 79.4 cm³/mol. The number of carbonyl (C=O) groups excluding carboxylic acids is 1. The second-order valence-corrected chi connectivity index (χ2v) is 5.51. The van der Waals surface area contributed by atoms with Crippen molar-refractivity contribution < 1.29 is 19.4 Å². The Morgan fingerprint density at radius 1 is 1.43 bits per heavy atom. The minimum absolute atomic E-state index is 0.0391. The Morgan fingerprint density at radius 2 is 2.14 bits per heavy atom. The van der Waals surface area contributed by atoms with E-state index < -0.39 is 12.0 Å². The number of nitrogens with one attached hydrogen (secondary N) is 1. The summed E-state index contributed by atoms with van der Waals surface area (Å²) in [6.45, 7) is 3.16. The quantitative estimate of drug-likeness (QED) is 0.872. The molecule has 1 atom stereocenters. The first-order valence-corrected chi connectivity index (χ1v) is 7.03. The van der Waals surface area contributed by atoms with Crippen LogP contribution in [0.4, 0.5) is 10.5 Å². The third-order valence-corrected chi connectivity index (χ3v) is 3.66. The number of carbonyl (C=O) groups is 2. The Kier molecular flexibility index (Phi) is 4.92. The molecule has 1 fully saturated rings. The largest absolute Gasteiger partial charge is 0.478 e. The molecule has 1 heterocycles. The molecule has 1 aliphatic rings. The number of halogens is 2. The molecule has 0 bridgehead atoms. The number of aromatic carboxylic acids is 1. The van der Waals surface area contributed by atoms with Crippen molar-refractivity contribution in [3.8, 4) is 0 Å². The van der Waals surface area contributed by atoms with Crippen LogP contribution in [0.2, 0.25) is 10.0 Å². The van der Waals surface area contributed by atoms with E-state index in [9.17, 15) is 14.7 Å². The highest BCUT2D eigenvalue weighted by molar-refractivity contribution is 6.37. The number of carboxylic acids is 1. The lowest BCUT2D eigenvalue weighted by molar-refractivity contribution is 0.0221. The number of rotatable bonds is 2. The SMILES string of the molecule is CC1COCCN1C(=O)Nc1c(Cl)cc(Cl)cc1C(=O)O. The van der Waals surface area contributed by atoms with Crippen LogP contribution in [0.3, 0.4) is 0 Å². The Labute approximate surface area is 131 Å². The standard InChI is InChI=1S/C13H14Cl2N2O4/c1-7-6-21-3-2-17(7)13(20)16-11-9(12(18)19)4-8(14)5-10(11)15/h4-5,7H,2-3,6H2,1H3,(H,16,20)(H,18,19).